The van der Waals surface area contributed by atoms with Gasteiger partial charge in [0.15, 0.2) is 5.67 Å². The normalized spacial score (nSPS) is 20.5. The van der Waals surface area contributed by atoms with E-state index in [9.17, 15) is 14.3 Å². The lowest BCUT2D eigenvalue weighted by Gasteiger charge is -2.35. The Morgan fingerprint density at radius 2 is 2.04 bits per heavy atom. The number of nitrogens with zero attached hydrogens (tertiary/aromatic N) is 3. The molecule has 25 heavy (non-hydrogen) atoms. The van der Waals surface area contributed by atoms with Crippen molar-refractivity contribution in [2.45, 2.75) is 38.0 Å². The number of ether oxygens (including phenoxy) is 1. The highest BCUT2D eigenvalue weighted by Gasteiger charge is 2.40. The molecule has 2 aliphatic rings. The molecule has 2 fully saturated rings. The summed E-state index contributed by atoms with van der Waals surface area (Å²) in [4.78, 5) is 18.3. The molecule has 7 heteroatoms. The fraction of sp³-hybridized carbons (Fsp3) is 0.556. The molecule has 1 aromatic carbocycles. The Bertz CT molecular complexity index is 794. The number of halogens is 1. The van der Waals surface area contributed by atoms with Gasteiger partial charge in [-0.2, -0.15) is 0 Å². The predicted molar refractivity (Wildman–Crippen MR) is 90.5 cm³/mol. The fourth-order valence-corrected chi connectivity index (χ4v) is 3.62. The third-order valence-electron chi connectivity index (χ3n) is 5.05. The Balaban J connectivity index is 1.72. The molecule has 1 N–H and O–H groups in total. The first-order valence-electron chi connectivity index (χ1n) is 8.76. The number of fused-ring (bicyclic) bond motifs is 1. The van der Waals surface area contributed by atoms with Gasteiger partial charge in [-0.25, -0.2) is 14.2 Å². The van der Waals surface area contributed by atoms with E-state index in [1.54, 1.807) is 18.2 Å². The number of hydrogen-bond donors (Lipinski definition) is 1. The first-order valence-corrected chi connectivity index (χ1v) is 8.76. The van der Waals surface area contributed by atoms with Crippen molar-refractivity contribution >= 4 is 17.0 Å². The van der Waals surface area contributed by atoms with Gasteiger partial charge in [0, 0.05) is 0 Å². The van der Waals surface area contributed by atoms with Crippen LogP contribution < -0.4 is 0 Å². The van der Waals surface area contributed by atoms with Crippen LogP contribution >= 0.6 is 0 Å². The van der Waals surface area contributed by atoms with Crippen molar-refractivity contribution in [1.82, 2.24) is 14.5 Å². The van der Waals surface area contributed by atoms with Crippen molar-refractivity contribution < 1.29 is 19.0 Å². The summed E-state index contributed by atoms with van der Waals surface area (Å²) in [6, 6.07) is 4.84. The second-order valence-electron chi connectivity index (χ2n) is 7.10. The maximum absolute atomic E-state index is 14.7. The lowest BCUT2D eigenvalue weighted by molar-refractivity contribution is -0.137. The number of piperidine rings is 1. The summed E-state index contributed by atoms with van der Waals surface area (Å²) in [5.41, 5.74) is 0.177. The Morgan fingerprint density at radius 1 is 1.28 bits per heavy atom. The first-order chi connectivity index (χ1) is 12.0. The van der Waals surface area contributed by atoms with Crippen LogP contribution in [-0.4, -0.2) is 57.5 Å². The number of carboxylic acids is 1. The number of hydrogen-bond acceptors (Lipinski definition) is 4. The largest absolute Gasteiger partial charge is 0.478 e. The van der Waals surface area contributed by atoms with Crippen LogP contribution in [0.15, 0.2) is 18.2 Å². The van der Waals surface area contributed by atoms with E-state index in [2.05, 4.69) is 9.88 Å². The van der Waals surface area contributed by atoms with Crippen molar-refractivity contribution in [2.75, 3.05) is 26.3 Å². The molecule has 2 aromatic rings. The van der Waals surface area contributed by atoms with Gasteiger partial charge >= 0.3 is 5.97 Å². The van der Waals surface area contributed by atoms with E-state index >= 15 is 0 Å². The van der Waals surface area contributed by atoms with Crippen LogP contribution in [0.2, 0.25) is 0 Å². The molecule has 1 aromatic heterocycles. The van der Waals surface area contributed by atoms with Crippen molar-refractivity contribution in [1.29, 1.82) is 0 Å². The second-order valence-corrected chi connectivity index (χ2v) is 7.10. The molecule has 2 saturated heterocycles. The summed E-state index contributed by atoms with van der Waals surface area (Å²) in [7, 11) is 0. The van der Waals surface area contributed by atoms with E-state index in [0.29, 0.717) is 17.6 Å². The molecule has 0 atom stereocenters. The molecule has 0 bridgehead atoms. The minimum absolute atomic E-state index is 0.0778. The molecule has 0 saturated carbocycles. The minimum Gasteiger partial charge on any atom is -0.478 e. The number of carboxylic acid groups (broad SMARTS) is 1. The topological polar surface area (TPSA) is 67.6 Å². The van der Waals surface area contributed by atoms with Crippen molar-refractivity contribution in [2.24, 2.45) is 0 Å². The molecule has 2 aliphatic heterocycles. The number of aromatic carboxylic acids is 1. The molecule has 4 rings (SSSR count). The molecule has 0 radical (unpaired) electrons. The quantitative estimate of drug-likeness (QED) is 0.900. The summed E-state index contributed by atoms with van der Waals surface area (Å²) in [6.07, 6.45) is 3.59. The molecule has 0 amide bonds. The van der Waals surface area contributed by atoms with Gasteiger partial charge in [0.1, 0.15) is 5.82 Å². The summed E-state index contributed by atoms with van der Waals surface area (Å²) in [6.45, 7) is 3.01. The molecule has 3 heterocycles. The van der Waals surface area contributed by atoms with Crippen molar-refractivity contribution in [3.05, 3.63) is 29.6 Å². The highest BCUT2D eigenvalue weighted by molar-refractivity contribution is 5.92. The van der Waals surface area contributed by atoms with Crippen LogP contribution in [-0.2, 0) is 17.8 Å². The molecule has 0 aliphatic carbocycles. The SMILES string of the molecule is O=C(O)c1ccc2nc(CN3CCCCC3)n(CC3(F)COC3)c2c1. The minimum atomic E-state index is -1.40. The molecule has 6 nitrogen and oxygen atoms in total. The second kappa shape index (κ2) is 6.38. The molecule has 0 spiro atoms. The van der Waals surface area contributed by atoms with E-state index < -0.39 is 11.6 Å². The summed E-state index contributed by atoms with van der Waals surface area (Å²) in [5.74, 6) is -0.197. The summed E-state index contributed by atoms with van der Waals surface area (Å²) in [5, 5.41) is 9.26. The molecular weight excluding hydrogens is 325 g/mol. The number of likely N-dealkylation sites (tertiary alicyclic amines) is 1. The van der Waals surface area contributed by atoms with E-state index in [4.69, 9.17) is 4.74 Å². The van der Waals surface area contributed by atoms with Crippen molar-refractivity contribution in [3.8, 4) is 0 Å². The standard InChI is InChI=1S/C18H22FN3O3/c19-18(11-25-12-18)10-22-15-8-13(17(23)24)4-5-14(15)20-16(22)9-21-6-2-1-3-7-21/h4-5,8H,1-3,6-7,9-12H2,(H,23,24). The van der Waals surface area contributed by atoms with E-state index in [0.717, 1.165) is 18.9 Å². The van der Waals surface area contributed by atoms with Crippen LogP contribution in [0.1, 0.15) is 35.4 Å². The molecule has 134 valence electrons. The lowest BCUT2D eigenvalue weighted by Crippen LogP contribution is -2.49. The van der Waals surface area contributed by atoms with Gasteiger partial charge in [0.25, 0.3) is 0 Å². The van der Waals surface area contributed by atoms with Crippen LogP contribution in [0, 0.1) is 0 Å². The Hall–Kier alpha value is -1.99. The van der Waals surface area contributed by atoms with Crippen LogP contribution in [0.25, 0.3) is 11.0 Å². The molecule has 0 unspecified atom stereocenters. The van der Waals surface area contributed by atoms with Gasteiger partial charge in [-0.3, -0.25) is 4.90 Å². The maximum atomic E-state index is 14.7. The third-order valence-corrected chi connectivity index (χ3v) is 5.05. The van der Waals surface area contributed by atoms with Crippen molar-refractivity contribution in [3.63, 3.8) is 0 Å². The van der Waals surface area contributed by atoms with Crippen LogP contribution in [0.3, 0.4) is 0 Å². The third kappa shape index (κ3) is 3.26. The van der Waals surface area contributed by atoms with Gasteiger partial charge in [0.05, 0.1) is 42.9 Å². The first kappa shape index (κ1) is 16.5. The zero-order valence-electron chi connectivity index (χ0n) is 14.1. The summed E-state index contributed by atoms with van der Waals surface area (Å²) < 4.78 is 21.6. The number of benzene rings is 1. The average molecular weight is 347 g/mol. The van der Waals surface area contributed by atoms with Gasteiger partial charge in [-0.05, 0) is 44.1 Å². The Morgan fingerprint density at radius 3 is 2.68 bits per heavy atom. The molecular formula is C18H22FN3O3. The average Bonchev–Trinajstić information content (AvgIpc) is 2.91. The van der Waals surface area contributed by atoms with Gasteiger partial charge in [-0.15, -0.1) is 0 Å². The van der Waals surface area contributed by atoms with Gasteiger partial charge in [0.2, 0.25) is 0 Å². The summed E-state index contributed by atoms with van der Waals surface area (Å²) >= 11 is 0. The number of imidazole rings is 1. The van der Waals surface area contributed by atoms with E-state index in [1.807, 2.05) is 4.57 Å². The monoisotopic (exact) mass is 347 g/mol. The lowest BCUT2D eigenvalue weighted by atomic mass is 10.0. The highest BCUT2D eigenvalue weighted by Crippen LogP contribution is 2.28. The fourth-order valence-electron chi connectivity index (χ4n) is 3.62. The number of alkyl halides is 1. The zero-order chi connectivity index (χ0) is 17.4. The zero-order valence-corrected chi connectivity index (χ0v) is 14.1. The number of aromatic nitrogens is 2. The Kier molecular flexibility index (Phi) is 4.21. The van der Waals surface area contributed by atoms with Crippen LogP contribution in [0.4, 0.5) is 4.39 Å². The highest BCUT2D eigenvalue weighted by atomic mass is 19.1. The van der Waals surface area contributed by atoms with E-state index in [-0.39, 0.29) is 25.3 Å². The number of carbonyl (C=O) groups is 1. The Labute approximate surface area is 145 Å². The van der Waals surface area contributed by atoms with Crippen LogP contribution in [0.5, 0.6) is 0 Å². The smallest absolute Gasteiger partial charge is 0.335 e. The predicted octanol–water partition coefficient (Wildman–Crippen LogP) is 2.46. The van der Waals surface area contributed by atoms with Gasteiger partial charge in [-0.1, -0.05) is 6.42 Å². The maximum Gasteiger partial charge on any atom is 0.335 e. The van der Waals surface area contributed by atoms with Gasteiger partial charge < -0.3 is 14.4 Å². The van der Waals surface area contributed by atoms with E-state index in [1.165, 1.54) is 19.3 Å². The number of rotatable bonds is 5.